The lowest BCUT2D eigenvalue weighted by Crippen LogP contribution is -2.24. The number of hydrogen-bond acceptors (Lipinski definition) is 3. The Morgan fingerprint density at radius 2 is 2.00 bits per heavy atom. The van der Waals surface area contributed by atoms with Gasteiger partial charge in [0.1, 0.15) is 5.82 Å². The van der Waals surface area contributed by atoms with Crippen LogP contribution in [-0.2, 0) is 12.7 Å². The number of alkyl halides is 3. The number of nitrogens with one attached hydrogen (secondary N) is 1. The third-order valence-electron chi connectivity index (χ3n) is 3.99. The van der Waals surface area contributed by atoms with E-state index in [0.29, 0.717) is 11.8 Å². The predicted octanol–water partition coefficient (Wildman–Crippen LogP) is 4.68. The number of carbonyl (C=O) groups excluding carboxylic acids is 1. The smallest absolute Gasteiger partial charge is 0.348 e. The first-order valence-electron chi connectivity index (χ1n) is 8.11. The summed E-state index contributed by atoms with van der Waals surface area (Å²) in [6.45, 7) is -0.376. The molecule has 0 fully saturated rings. The van der Waals surface area contributed by atoms with E-state index in [9.17, 15) is 22.4 Å². The number of halogens is 4. The Hall–Kier alpha value is -2.81. The molecule has 1 aromatic heterocycles. The van der Waals surface area contributed by atoms with Crippen molar-refractivity contribution in [2.75, 3.05) is 6.26 Å². The molecule has 3 aromatic rings. The molecule has 0 aliphatic rings. The van der Waals surface area contributed by atoms with Gasteiger partial charge in [-0.3, -0.25) is 9.36 Å². The molecule has 1 N–H and O–H groups in total. The second kappa shape index (κ2) is 8.05. The van der Waals surface area contributed by atoms with Gasteiger partial charge < -0.3 is 5.32 Å². The van der Waals surface area contributed by atoms with E-state index in [4.69, 9.17) is 0 Å². The fourth-order valence-corrected chi connectivity index (χ4v) is 3.21. The van der Waals surface area contributed by atoms with Crippen molar-refractivity contribution in [3.63, 3.8) is 0 Å². The zero-order valence-electron chi connectivity index (χ0n) is 14.6. The molecule has 2 aromatic carbocycles. The number of hydrogen-bond donors (Lipinski definition) is 1. The average Bonchev–Trinajstić information content (AvgIpc) is 3.15. The van der Waals surface area contributed by atoms with Gasteiger partial charge in [-0.1, -0.05) is 23.9 Å². The van der Waals surface area contributed by atoms with Crippen LogP contribution in [0.1, 0.15) is 21.5 Å². The van der Waals surface area contributed by atoms with Crippen LogP contribution in [0.4, 0.5) is 17.6 Å². The van der Waals surface area contributed by atoms with Gasteiger partial charge in [-0.25, -0.2) is 9.37 Å². The first-order chi connectivity index (χ1) is 13.3. The van der Waals surface area contributed by atoms with E-state index in [0.717, 1.165) is 17.3 Å². The topological polar surface area (TPSA) is 46.9 Å². The van der Waals surface area contributed by atoms with Crippen LogP contribution in [-0.4, -0.2) is 21.7 Å². The number of nitrogens with zero attached hydrogens (tertiary/aromatic N) is 2. The number of rotatable bonds is 5. The molecule has 0 aliphatic heterocycles. The number of thioether (sulfide) groups is 1. The number of imidazole rings is 1. The lowest BCUT2D eigenvalue weighted by Gasteiger charge is -2.14. The van der Waals surface area contributed by atoms with E-state index >= 15 is 0 Å². The minimum Gasteiger partial charge on any atom is -0.348 e. The Balaban J connectivity index is 1.79. The van der Waals surface area contributed by atoms with Crippen LogP contribution in [0.15, 0.2) is 60.0 Å². The maximum atomic E-state index is 13.2. The van der Waals surface area contributed by atoms with Crippen LogP contribution in [0.5, 0.6) is 0 Å². The fraction of sp³-hybridized carbons (Fsp3) is 0.158. The van der Waals surface area contributed by atoms with Gasteiger partial charge in [0.05, 0.1) is 5.56 Å². The van der Waals surface area contributed by atoms with Gasteiger partial charge in [0.15, 0.2) is 5.16 Å². The van der Waals surface area contributed by atoms with Crippen LogP contribution in [0.3, 0.4) is 0 Å². The minimum absolute atomic E-state index is 0.210. The molecule has 0 atom stereocenters. The molecule has 3 rings (SSSR count). The van der Waals surface area contributed by atoms with Gasteiger partial charge in [-0.2, -0.15) is 13.2 Å². The first kappa shape index (κ1) is 19.9. The highest BCUT2D eigenvalue weighted by Gasteiger charge is 2.33. The van der Waals surface area contributed by atoms with E-state index in [1.54, 1.807) is 41.2 Å². The summed E-state index contributed by atoms with van der Waals surface area (Å²) in [7, 11) is 0. The summed E-state index contributed by atoms with van der Waals surface area (Å²) in [5, 5.41) is 3.19. The third-order valence-corrected chi connectivity index (χ3v) is 4.66. The molecule has 1 amide bonds. The normalized spacial score (nSPS) is 11.5. The second-order valence-electron chi connectivity index (χ2n) is 5.82. The van der Waals surface area contributed by atoms with E-state index in [-0.39, 0.29) is 17.7 Å². The molecular formula is C19H15F4N3OS. The van der Waals surface area contributed by atoms with Crippen molar-refractivity contribution in [3.8, 4) is 5.69 Å². The van der Waals surface area contributed by atoms with Gasteiger partial charge in [-0.15, -0.1) is 0 Å². The average molecular weight is 409 g/mol. The summed E-state index contributed by atoms with van der Waals surface area (Å²) >= 11 is 1.44. The van der Waals surface area contributed by atoms with Crippen molar-refractivity contribution < 1.29 is 22.4 Å². The Kier molecular flexibility index (Phi) is 5.73. The molecule has 0 saturated heterocycles. The molecule has 0 bridgehead atoms. The van der Waals surface area contributed by atoms with Gasteiger partial charge in [0.2, 0.25) is 0 Å². The molecule has 0 saturated carbocycles. The Morgan fingerprint density at radius 3 is 2.71 bits per heavy atom. The van der Waals surface area contributed by atoms with Crippen LogP contribution in [0, 0.1) is 5.82 Å². The van der Waals surface area contributed by atoms with Crippen LogP contribution >= 0.6 is 11.8 Å². The summed E-state index contributed by atoms with van der Waals surface area (Å²) in [5.74, 6) is -1.52. The maximum absolute atomic E-state index is 13.2. The van der Waals surface area contributed by atoms with Crippen LogP contribution < -0.4 is 5.32 Å². The minimum atomic E-state index is -4.71. The van der Waals surface area contributed by atoms with Gasteiger partial charge in [-0.05, 0) is 42.2 Å². The van der Waals surface area contributed by atoms with Crippen molar-refractivity contribution in [1.29, 1.82) is 0 Å². The molecule has 1 heterocycles. The summed E-state index contributed by atoms with van der Waals surface area (Å²) in [4.78, 5) is 16.6. The SMILES string of the molecule is CSc1nccn1-c1cccc(C(=O)NCc2ccc(F)cc2C(F)(F)F)c1. The van der Waals surface area contributed by atoms with Crippen molar-refractivity contribution >= 4 is 17.7 Å². The van der Waals surface area contributed by atoms with Crippen molar-refractivity contribution in [3.05, 3.63) is 77.4 Å². The molecule has 9 heteroatoms. The molecule has 4 nitrogen and oxygen atoms in total. The zero-order valence-corrected chi connectivity index (χ0v) is 15.4. The molecule has 0 unspecified atom stereocenters. The predicted molar refractivity (Wildman–Crippen MR) is 97.9 cm³/mol. The Bertz CT molecular complexity index is 1000. The lowest BCUT2D eigenvalue weighted by atomic mass is 10.1. The fourth-order valence-electron chi connectivity index (χ4n) is 2.68. The largest absolute Gasteiger partial charge is 0.416 e. The summed E-state index contributed by atoms with van der Waals surface area (Å²) in [6, 6.07) is 9.01. The van der Waals surface area contributed by atoms with Crippen LogP contribution in [0.2, 0.25) is 0 Å². The van der Waals surface area contributed by atoms with Gasteiger partial charge in [0.25, 0.3) is 5.91 Å². The van der Waals surface area contributed by atoms with E-state index in [1.807, 2.05) is 6.26 Å². The maximum Gasteiger partial charge on any atom is 0.416 e. The summed E-state index contributed by atoms with van der Waals surface area (Å²) < 4.78 is 54.2. The van der Waals surface area contributed by atoms with Crippen molar-refractivity contribution in [1.82, 2.24) is 14.9 Å². The standard InChI is InChI=1S/C19H15F4N3OS/c1-28-18-24-7-8-26(18)15-4-2-3-12(9-15)17(27)25-11-13-5-6-14(20)10-16(13)19(21,22)23/h2-10H,11H2,1H3,(H,25,27). The molecule has 0 aliphatic carbocycles. The molecule has 0 radical (unpaired) electrons. The van der Waals surface area contributed by atoms with E-state index in [2.05, 4.69) is 10.3 Å². The lowest BCUT2D eigenvalue weighted by molar-refractivity contribution is -0.138. The van der Waals surface area contributed by atoms with E-state index < -0.39 is 23.5 Å². The summed E-state index contributed by atoms with van der Waals surface area (Å²) in [6.07, 6.45) is 0.538. The van der Waals surface area contributed by atoms with E-state index in [1.165, 1.54) is 11.8 Å². The number of carbonyl (C=O) groups is 1. The highest BCUT2D eigenvalue weighted by Crippen LogP contribution is 2.32. The Morgan fingerprint density at radius 1 is 1.21 bits per heavy atom. The number of aromatic nitrogens is 2. The molecule has 146 valence electrons. The molecule has 28 heavy (non-hydrogen) atoms. The van der Waals surface area contributed by atoms with Crippen LogP contribution in [0.25, 0.3) is 5.69 Å². The van der Waals surface area contributed by atoms with Gasteiger partial charge >= 0.3 is 6.18 Å². The monoisotopic (exact) mass is 409 g/mol. The Labute approximate surface area is 162 Å². The number of benzene rings is 2. The van der Waals surface area contributed by atoms with Crippen molar-refractivity contribution in [2.24, 2.45) is 0 Å². The first-order valence-corrected chi connectivity index (χ1v) is 9.33. The molecule has 0 spiro atoms. The molecular weight excluding hydrogens is 394 g/mol. The number of amides is 1. The van der Waals surface area contributed by atoms with Gasteiger partial charge in [0, 0.05) is 30.2 Å². The summed E-state index contributed by atoms with van der Waals surface area (Å²) in [5.41, 5.74) is -0.330. The quantitative estimate of drug-likeness (QED) is 0.492. The third kappa shape index (κ3) is 4.36. The van der Waals surface area contributed by atoms with Crippen molar-refractivity contribution in [2.45, 2.75) is 17.9 Å². The highest BCUT2D eigenvalue weighted by molar-refractivity contribution is 7.98. The second-order valence-corrected chi connectivity index (χ2v) is 6.59. The highest BCUT2D eigenvalue weighted by atomic mass is 32.2. The zero-order chi connectivity index (χ0) is 20.3.